The van der Waals surface area contributed by atoms with Crippen LogP contribution in [0, 0.1) is 0 Å². The second-order valence-corrected chi connectivity index (χ2v) is 10.9. The van der Waals surface area contributed by atoms with Crippen molar-refractivity contribution in [2.75, 3.05) is 42.7 Å². The number of imide groups is 2. The molecule has 0 fully saturated rings. The van der Waals surface area contributed by atoms with Gasteiger partial charge in [-0.25, -0.2) is 9.59 Å². The first-order valence-electron chi connectivity index (χ1n) is 15.3. The van der Waals surface area contributed by atoms with Crippen molar-refractivity contribution in [3.8, 4) is 46.0 Å². The van der Waals surface area contributed by atoms with Crippen LogP contribution in [-0.4, -0.2) is 88.4 Å². The SMILES string of the molecule is COc1cc(C(=O)ON2C(=O)c3ccc(Oc4ccc5c(c4)C(=O)N(OC(=O)c4cc(OC)c(OC)c(OC)c4)C5=O)cc3C2=O)cc(OC)c1OC. The number of hydrogen-bond acceptors (Lipinski definition) is 15. The number of fused-ring (bicyclic) bond motifs is 2. The number of carbonyl (C=O) groups excluding carboxylic acids is 6. The predicted octanol–water partition coefficient (Wildman–Crippen LogP) is 4.27. The molecule has 0 bridgehead atoms. The lowest BCUT2D eigenvalue weighted by Gasteiger charge is -2.15. The Bertz CT molecular complexity index is 2030. The van der Waals surface area contributed by atoms with Gasteiger partial charge < -0.3 is 42.8 Å². The van der Waals surface area contributed by atoms with Crippen LogP contribution in [0.2, 0.25) is 0 Å². The van der Waals surface area contributed by atoms with Gasteiger partial charge in [0.1, 0.15) is 11.5 Å². The van der Waals surface area contributed by atoms with Crippen LogP contribution in [-0.2, 0) is 9.68 Å². The number of hydrogen-bond donors (Lipinski definition) is 0. The van der Waals surface area contributed by atoms with E-state index < -0.39 is 35.6 Å². The summed E-state index contributed by atoms with van der Waals surface area (Å²) in [7, 11) is 8.17. The van der Waals surface area contributed by atoms with E-state index >= 15 is 0 Å². The van der Waals surface area contributed by atoms with E-state index in [0.717, 1.165) is 0 Å². The maximum Gasteiger partial charge on any atom is 0.364 e. The third kappa shape index (κ3) is 6.19. The lowest BCUT2D eigenvalue weighted by atomic mass is 10.1. The van der Waals surface area contributed by atoms with E-state index in [0.29, 0.717) is 10.1 Å². The van der Waals surface area contributed by atoms with Crippen LogP contribution in [0.4, 0.5) is 0 Å². The maximum absolute atomic E-state index is 13.2. The van der Waals surface area contributed by atoms with E-state index in [9.17, 15) is 28.8 Å². The first kappa shape index (κ1) is 35.5. The van der Waals surface area contributed by atoms with E-state index in [-0.39, 0.29) is 79.4 Å². The highest BCUT2D eigenvalue weighted by Crippen LogP contribution is 2.40. The molecule has 4 aromatic carbocycles. The van der Waals surface area contributed by atoms with Crippen LogP contribution in [0.15, 0.2) is 60.7 Å². The summed E-state index contributed by atoms with van der Waals surface area (Å²) in [6.07, 6.45) is 0. The van der Waals surface area contributed by atoms with Gasteiger partial charge in [0.15, 0.2) is 23.0 Å². The van der Waals surface area contributed by atoms with Crippen molar-refractivity contribution in [2.24, 2.45) is 0 Å². The monoisotopic (exact) mass is 728 g/mol. The Morgan fingerprint density at radius 1 is 0.434 bits per heavy atom. The standard InChI is InChI=1S/C36H28N2O15/c1-45-25-11-17(12-26(46-2)29(25)49-5)35(43)52-37-31(39)21-9-7-19(15-23(21)33(37)41)51-20-8-10-22-24(16-20)34(42)38(32(22)40)53-36(44)18-13-27(47-3)30(50-6)28(14-18)48-4/h7-16H,1-6H3. The smallest absolute Gasteiger partial charge is 0.364 e. The molecular formula is C36H28N2O15. The highest BCUT2D eigenvalue weighted by atomic mass is 16.7. The fourth-order valence-corrected chi connectivity index (χ4v) is 5.49. The molecule has 0 atom stereocenters. The molecule has 272 valence electrons. The van der Waals surface area contributed by atoms with Crippen molar-refractivity contribution in [2.45, 2.75) is 0 Å². The van der Waals surface area contributed by atoms with E-state index in [1.807, 2.05) is 0 Å². The van der Waals surface area contributed by atoms with Crippen LogP contribution < -0.4 is 33.2 Å². The maximum atomic E-state index is 13.2. The van der Waals surface area contributed by atoms with Gasteiger partial charge in [-0.05, 0) is 60.7 Å². The molecule has 0 spiro atoms. The Morgan fingerprint density at radius 2 is 0.755 bits per heavy atom. The predicted molar refractivity (Wildman–Crippen MR) is 177 cm³/mol. The minimum Gasteiger partial charge on any atom is -0.493 e. The molecule has 53 heavy (non-hydrogen) atoms. The summed E-state index contributed by atoms with van der Waals surface area (Å²) in [5, 5.41) is 0.626. The number of ether oxygens (including phenoxy) is 7. The summed E-state index contributed by atoms with van der Waals surface area (Å²) in [6, 6.07) is 13.0. The third-order valence-corrected chi connectivity index (χ3v) is 8.03. The molecule has 2 heterocycles. The summed E-state index contributed by atoms with van der Waals surface area (Å²) in [4.78, 5) is 89.0. The summed E-state index contributed by atoms with van der Waals surface area (Å²) in [5.41, 5.74) is -0.609. The third-order valence-electron chi connectivity index (χ3n) is 8.03. The average molecular weight is 729 g/mol. The molecule has 0 aliphatic carbocycles. The number of hydroxylamine groups is 4. The summed E-state index contributed by atoms with van der Waals surface area (Å²) in [5.74, 6) is -4.70. The van der Waals surface area contributed by atoms with Crippen molar-refractivity contribution in [3.63, 3.8) is 0 Å². The lowest BCUT2D eigenvalue weighted by molar-refractivity contribution is -0.0584. The largest absolute Gasteiger partial charge is 0.493 e. The van der Waals surface area contributed by atoms with Crippen molar-refractivity contribution in [1.82, 2.24) is 10.1 Å². The first-order chi connectivity index (χ1) is 25.5. The number of methoxy groups -OCH3 is 6. The number of amides is 4. The zero-order valence-corrected chi connectivity index (χ0v) is 28.8. The Labute approximate surface area is 299 Å². The molecule has 17 heteroatoms. The number of nitrogens with zero attached hydrogens (tertiary/aromatic N) is 2. The molecule has 6 rings (SSSR count). The normalized spacial score (nSPS) is 12.9. The molecule has 4 aromatic rings. The number of rotatable bonds is 12. The highest BCUT2D eigenvalue weighted by Gasteiger charge is 2.41. The number of carbonyl (C=O) groups is 6. The molecule has 0 unspecified atom stereocenters. The van der Waals surface area contributed by atoms with Gasteiger partial charge in [0.05, 0.1) is 76.0 Å². The van der Waals surface area contributed by atoms with Crippen molar-refractivity contribution in [3.05, 3.63) is 94.0 Å². The van der Waals surface area contributed by atoms with Crippen molar-refractivity contribution < 1.29 is 71.6 Å². The van der Waals surface area contributed by atoms with Gasteiger partial charge >= 0.3 is 11.9 Å². The molecule has 0 aromatic heterocycles. The molecule has 0 saturated heterocycles. The van der Waals surface area contributed by atoms with E-state index in [1.165, 1.54) is 103 Å². The molecule has 2 aliphatic heterocycles. The lowest BCUT2D eigenvalue weighted by Crippen LogP contribution is -2.32. The fourth-order valence-electron chi connectivity index (χ4n) is 5.49. The van der Waals surface area contributed by atoms with Crippen molar-refractivity contribution in [1.29, 1.82) is 0 Å². The zero-order chi connectivity index (χ0) is 38.1. The Hall–Kier alpha value is -7.30. The van der Waals surface area contributed by atoms with Gasteiger partial charge in [-0.3, -0.25) is 19.2 Å². The van der Waals surface area contributed by atoms with Crippen LogP contribution in [0.1, 0.15) is 62.1 Å². The average Bonchev–Trinajstić information content (AvgIpc) is 3.55. The Morgan fingerprint density at radius 3 is 1.06 bits per heavy atom. The Balaban J connectivity index is 1.17. The number of benzene rings is 4. The molecule has 2 aliphatic rings. The van der Waals surface area contributed by atoms with Crippen LogP contribution in [0.25, 0.3) is 0 Å². The molecule has 0 radical (unpaired) electrons. The highest BCUT2D eigenvalue weighted by molar-refractivity contribution is 6.22. The zero-order valence-electron chi connectivity index (χ0n) is 28.8. The summed E-state index contributed by atoms with van der Waals surface area (Å²) >= 11 is 0. The van der Waals surface area contributed by atoms with Crippen LogP contribution >= 0.6 is 0 Å². The van der Waals surface area contributed by atoms with E-state index in [1.54, 1.807) is 0 Å². The molecular weight excluding hydrogens is 700 g/mol. The second kappa shape index (κ2) is 14.1. The van der Waals surface area contributed by atoms with Crippen molar-refractivity contribution >= 4 is 35.6 Å². The van der Waals surface area contributed by atoms with Gasteiger partial charge in [-0.1, -0.05) is 10.1 Å². The quantitative estimate of drug-likeness (QED) is 0.188. The molecule has 0 N–H and O–H groups in total. The minimum absolute atomic E-state index is 0.0603. The molecule has 0 saturated carbocycles. The topological polar surface area (TPSA) is 192 Å². The van der Waals surface area contributed by atoms with E-state index in [4.69, 9.17) is 42.8 Å². The van der Waals surface area contributed by atoms with Gasteiger partial charge in [0, 0.05) is 0 Å². The summed E-state index contributed by atoms with van der Waals surface area (Å²) < 4.78 is 37.3. The summed E-state index contributed by atoms with van der Waals surface area (Å²) in [6.45, 7) is 0. The van der Waals surface area contributed by atoms with Gasteiger partial charge in [-0.15, -0.1) is 0 Å². The minimum atomic E-state index is -1.06. The van der Waals surface area contributed by atoms with E-state index in [2.05, 4.69) is 0 Å². The van der Waals surface area contributed by atoms with Crippen LogP contribution in [0.5, 0.6) is 46.0 Å². The van der Waals surface area contributed by atoms with Gasteiger partial charge in [0.2, 0.25) is 11.5 Å². The molecule has 17 nitrogen and oxygen atoms in total. The van der Waals surface area contributed by atoms with Gasteiger partial charge in [0.25, 0.3) is 23.6 Å². The van der Waals surface area contributed by atoms with Crippen LogP contribution in [0.3, 0.4) is 0 Å². The Kier molecular flexibility index (Phi) is 9.48. The second-order valence-electron chi connectivity index (χ2n) is 10.9. The fraction of sp³-hybridized carbons (Fsp3) is 0.167. The van der Waals surface area contributed by atoms with Gasteiger partial charge in [-0.2, -0.15) is 0 Å². The first-order valence-corrected chi connectivity index (χ1v) is 15.3. The molecule has 4 amide bonds.